The fourth-order valence-corrected chi connectivity index (χ4v) is 2.42. The molecule has 4 heteroatoms. The molecule has 0 N–H and O–H groups in total. The smallest absolute Gasteiger partial charge is 0.265 e. The lowest BCUT2D eigenvalue weighted by molar-refractivity contribution is -0.120. The summed E-state index contributed by atoms with van der Waals surface area (Å²) in [6.07, 6.45) is 0. The number of para-hydroxylation sites is 1. The third-order valence-corrected chi connectivity index (χ3v) is 3.71. The number of rotatable bonds is 5. The summed E-state index contributed by atoms with van der Waals surface area (Å²) in [6.45, 7) is 4.03. The maximum Gasteiger partial charge on any atom is 0.265 e. The molecule has 2 aromatic carbocycles. The van der Waals surface area contributed by atoms with Crippen LogP contribution in [0.2, 0.25) is 0 Å². The Morgan fingerprint density at radius 2 is 1.71 bits per heavy atom. The van der Waals surface area contributed by atoms with E-state index in [1.165, 1.54) is 0 Å². The van der Waals surface area contributed by atoms with Crippen LogP contribution in [0, 0.1) is 3.57 Å². The minimum Gasteiger partial charge on any atom is -0.484 e. The molecule has 1 amide bonds. The molecule has 0 saturated carbocycles. The van der Waals surface area contributed by atoms with E-state index in [4.69, 9.17) is 4.74 Å². The largest absolute Gasteiger partial charge is 0.484 e. The Hall–Kier alpha value is -1.56. The minimum absolute atomic E-state index is 0.0354. The van der Waals surface area contributed by atoms with Gasteiger partial charge in [0, 0.05) is 15.3 Å². The molecule has 0 heterocycles. The number of nitrogens with zero attached hydrogens (tertiary/aromatic N) is 1. The quantitative estimate of drug-likeness (QED) is 0.714. The highest BCUT2D eigenvalue weighted by molar-refractivity contribution is 14.1. The molecule has 0 atom stereocenters. The molecule has 2 rings (SSSR count). The van der Waals surface area contributed by atoms with Crippen LogP contribution in [0.4, 0.5) is 5.69 Å². The van der Waals surface area contributed by atoms with Crippen molar-refractivity contribution < 1.29 is 9.53 Å². The van der Waals surface area contributed by atoms with Crippen LogP contribution >= 0.6 is 22.6 Å². The first-order valence-electron chi connectivity index (χ1n) is 6.83. The highest BCUT2D eigenvalue weighted by Gasteiger charge is 2.19. The summed E-state index contributed by atoms with van der Waals surface area (Å²) in [5.41, 5.74) is 0.892. The van der Waals surface area contributed by atoms with E-state index in [-0.39, 0.29) is 18.6 Å². The van der Waals surface area contributed by atoms with Crippen LogP contribution in [-0.2, 0) is 4.79 Å². The van der Waals surface area contributed by atoms with Gasteiger partial charge >= 0.3 is 0 Å². The molecule has 0 spiro atoms. The van der Waals surface area contributed by atoms with Crippen molar-refractivity contribution in [2.24, 2.45) is 0 Å². The second kappa shape index (κ2) is 7.45. The third kappa shape index (κ3) is 4.46. The summed E-state index contributed by atoms with van der Waals surface area (Å²) in [5.74, 6) is 0.662. The fraction of sp³-hybridized carbons (Fsp3) is 0.235. The molecule has 0 aliphatic carbocycles. The highest BCUT2D eigenvalue weighted by atomic mass is 127. The molecule has 0 saturated heterocycles. The Bertz CT molecular complexity index is 581. The molecule has 0 radical (unpaired) electrons. The monoisotopic (exact) mass is 395 g/mol. The van der Waals surface area contributed by atoms with Gasteiger partial charge in [-0.3, -0.25) is 4.79 Å². The first-order chi connectivity index (χ1) is 10.1. The number of anilines is 1. The number of hydrogen-bond donors (Lipinski definition) is 0. The molecule has 0 unspecified atom stereocenters. The van der Waals surface area contributed by atoms with Gasteiger partial charge in [0.1, 0.15) is 5.75 Å². The number of benzene rings is 2. The Balaban J connectivity index is 2.04. The van der Waals surface area contributed by atoms with Gasteiger partial charge in [-0.05, 0) is 72.8 Å². The van der Waals surface area contributed by atoms with Crippen LogP contribution in [0.25, 0.3) is 0 Å². The van der Waals surface area contributed by atoms with Gasteiger partial charge in [-0.1, -0.05) is 18.2 Å². The Morgan fingerprint density at radius 3 is 2.29 bits per heavy atom. The number of hydrogen-bond acceptors (Lipinski definition) is 2. The minimum atomic E-state index is -0.0465. The number of amides is 1. The van der Waals surface area contributed by atoms with Crippen molar-refractivity contribution >= 4 is 34.2 Å². The molecular formula is C17H18INO2. The lowest BCUT2D eigenvalue weighted by atomic mass is 10.2. The summed E-state index contributed by atoms with van der Waals surface area (Å²) in [5, 5.41) is 0. The first kappa shape index (κ1) is 15.8. The fourth-order valence-electron chi connectivity index (χ4n) is 2.06. The molecule has 0 aliphatic heterocycles. The molecule has 0 fully saturated rings. The number of ether oxygens (including phenoxy) is 1. The van der Waals surface area contributed by atoms with Gasteiger partial charge in [-0.15, -0.1) is 0 Å². The van der Waals surface area contributed by atoms with Gasteiger partial charge in [0.25, 0.3) is 5.91 Å². The van der Waals surface area contributed by atoms with Crippen molar-refractivity contribution in [2.45, 2.75) is 19.9 Å². The summed E-state index contributed by atoms with van der Waals surface area (Å²) >= 11 is 2.23. The van der Waals surface area contributed by atoms with Crippen molar-refractivity contribution in [2.75, 3.05) is 11.5 Å². The second-order valence-electron chi connectivity index (χ2n) is 4.94. The number of carbonyl (C=O) groups is 1. The van der Waals surface area contributed by atoms with Crippen molar-refractivity contribution in [1.29, 1.82) is 0 Å². The van der Waals surface area contributed by atoms with E-state index in [2.05, 4.69) is 22.6 Å². The van der Waals surface area contributed by atoms with Crippen molar-refractivity contribution in [3.63, 3.8) is 0 Å². The standard InChI is InChI=1S/C17H18INO2/c1-13(2)19(15-6-4-3-5-7-15)17(20)12-21-16-10-8-14(18)9-11-16/h3-11,13H,12H2,1-2H3. The Labute approximate surface area is 139 Å². The van der Waals surface area contributed by atoms with Crippen molar-refractivity contribution in [3.05, 3.63) is 58.2 Å². The average molecular weight is 395 g/mol. The first-order valence-corrected chi connectivity index (χ1v) is 7.91. The zero-order valence-corrected chi connectivity index (χ0v) is 14.3. The predicted octanol–water partition coefficient (Wildman–Crippen LogP) is 4.11. The number of halogens is 1. The van der Waals surface area contributed by atoms with Gasteiger partial charge in [0.15, 0.2) is 6.61 Å². The zero-order valence-electron chi connectivity index (χ0n) is 12.1. The normalized spacial score (nSPS) is 10.5. The van der Waals surface area contributed by atoms with E-state index in [0.29, 0.717) is 5.75 Å². The van der Waals surface area contributed by atoms with Crippen LogP contribution in [0.15, 0.2) is 54.6 Å². The molecule has 0 aromatic heterocycles. The topological polar surface area (TPSA) is 29.5 Å². The van der Waals surface area contributed by atoms with Gasteiger partial charge in [0.2, 0.25) is 0 Å². The summed E-state index contributed by atoms with van der Waals surface area (Å²) in [6, 6.07) is 17.4. The molecule has 3 nitrogen and oxygen atoms in total. The molecule has 110 valence electrons. The second-order valence-corrected chi connectivity index (χ2v) is 6.18. The predicted molar refractivity (Wildman–Crippen MR) is 93.7 cm³/mol. The van der Waals surface area contributed by atoms with E-state index < -0.39 is 0 Å². The van der Waals surface area contributed by atoms with E-state index >= 15 is 0 Å². The molecule has 21 heavy (non-hydrogen) atoms. The summed E-state index contributed by atoms with van der Waals surface area (Å²) in [4.78, 5) is 14.2. The third-order valence-electron chi connectivity index (χ3n) is 3.00. The van der Waals surface area contributed by atoms with Gasteiger partial charge in [0.05, 0.1) is 0 Å². The van der Waals surface area contributed by atoms with Crippen molar-refractivity contribution in [1.82, 2.24) is 0 Å². The van der Waals surface area contributed by atoms with Crippen molar-refractivity contribution in [3.8, 4) is 5.75 Å². The number of carbonyl (C=O) groups excluding carboxylic acids is 1. The lowest BCUT2D eigenvalue weighted by Crippen LogP contribution is -2.40. The highest BCUT2D eigenvalue weighted by Crippen LogP contribution is 2.18. The maximum atomic E-state index is 12.4. The summed E-state index contributed by atoms with van der Waals surface area (Å²) < 4.78 is 6.72. The molecule has 0 bridgehead atoms. The van der Waals surface area contributed by atoms with Crippen LogP contribution in [0.1, 0.15) is 13.8 Å². The summed E-state index contributed by atoms with van der Waals surface area (Å²) in [7, 11) is 0. The van der Waals surface area contributed by atoms with E-state index in [1.54, 1.807) is 4.90 Å². The SMILES string of the molecule is CC(C)N(C(=O)COc1ccc(I)cc1)c1ccccc1. The molecular weight excluding hydrogens is 377 g/mol. The van der Waals surface area contributed by atoms with Gasteiger partial charge < -0.3 is 9.64 Å². The van der Waals surface area contributed by atoms with E-state index in [9.17, 15) is 4.79 Å². The van der Waals surface area contributed by atoms with Crippen LogP contribution in [-0.4, -0.2) is 18.6 Å². The Kier molecular flexibility index (Phi) is 5.61. The van der Waals surface area contributed by atoms with E-state index in [0.717, 1.165) is 9.26 Å². The average Bonchev–Trinajstić information content (AvgIpc) is 2.47. The van der Waals surface area contributed by atoms with Crippen LogP contribution < -0.4 is 9.64 Å². The molecule has 2 aromatic rings. The molecule has 0 aliphatic rings. The Morgan fingerprint density at radius 1 is 1.10 bits per heavy atom. The van der Waals surface area contributed by atoms with Crippen LogP contribution in [0.3, 0.4) is 0 Å². The van der Waals surface area contributed by atoms with E-state index in [1.807, 2.05) is 68.4 Å². The zero-order chi connectivity index (χ0) is 15.2. The van der Waals surface area contributed by atoms with Crippen LogP contribution in [0.5, 0.6) is 5.75 Å². The van der Waals surface area contributed by atoms with Gasteiger partial charge in [-0.2, -0.15) is 0 Å². The maximum absolute atomic E-state index is 12.4. The lowest BCUT2D eigenvalue weighted by Gasteiger charge is -2.26. The van der Waals surface area contributed by atoms with Gasteiger partial charge in [-0.25, -0.2) is 0 Å².